The first-order valence-corrected chi connectivity index (χ1v) is 9.30. The monoisotopic (exact) mass is 354 g/mol. The van der Waals surface area contributed by atoms with Crippen LogP contribution in [0.2, 0.25) is 0 Å². The van der Waals surface area contributed by atoms with Gasteiger partial charge in [-0.25, -0.2) is 4.79 Å². The topological polar surface area (TPSA) is 56.5 Å². The molecule has 0 fully saturated rings. The molecule has 3 aromatic rings. The molecule has 0 bridgehead atoms. The van der Waals surface area contributed by atoms with E-state index in [9.17, 15) is 9.59 Å². The number of carbonyl (C=O) groups is 1. The molecule has 0 saturated heterocycles. The van der Waals surface area contributed by atoms with E-state index in [-0.39, 0.29) is 17.5 Å². The molecule has 0 spiro atoms. The van der Waals surface area contributed by atoms with Crippen molar-refractivity contribution in [3.05, 3.63) is 61.6 Å². The molecule has 3 heterocycles. The standard InChI is InChI=1S/C20H18O4S/c1-3-5-12-9-17(22)23-15-8-11(2)18-13(21)10-14(16-6-4-7-25-16)24-20(18)19(12)15/h4,6-9,14H,3,5,10H2,1-2H3. The third-order valence-corrected chi connectivity index (χ3v) is 5.52. The van der Waals surface area contributed by atoms with E-state index in [2.05, 4.69) is 6.92 Å². The lowest BCUT2D eigenvalue weighted by Crippen LogP contribution is -2.21. The van der Waals surface area contributed by atoms with Crippen LogP contribution in [0.25, 0.3) is 11.0 Å². The molecule has 0 amide bonds. The highest BCUT2D eigenvalue weighted by Gasteiger charge is 2.32. The van der Waals surface area contributed by atoms with Gasteiger partial charge < -0.3 is 9.15 Å². The smallest absolute Gasteiger partial charge is 0.336 e. The maximum Gasteiger partial charge on any atom is 0.336 e. The molecule has 5 heteroatoms. The van der Waals surface area contributed by atoms with Crippen LogP contribution >= 0.6 is 11.3 Å². The Balaban J connectivity index is 1.99. The highest BCUT2D eigenvalue weighted by atomic mass is 32.1. The second-order valence-corrected chi connectivity index (χ2v) is 7.34. The molecular formula is C20H18O4S. The van der Waals surface area contributed by atoms with Crippen molar-refractivity contribution in [1.29, 1.82) is 0 Å². The Kier molecular flexibility index (Phi) is 3.96. The number of benzene rings is 1. The molecule has 25 heavy (non-hydrogen) atoms. The quantitative estimate of drug-likeness (QED) is 0.633. The van der Waals surface area contributed by atoms with Gasteiger partial charge in [0.05, 0.1) is 17.4 Å². The first kappa shape index (κ1) is 16.1. The van der Waals surface area contributed by atoms with E-state index < -0.39 is 0 Å². The Morgan fingerprint density at radius 3 is 2.84 bits per heavy atom. The van der Waals surface area contributed by atoms with Gasteiger partial charge in [-0.1, -0.05) is 19.4 Å². The molecule has 1 aliphatic heterocycles. The van der Waals surface area contributed by atoms with E-state index in [0.717, 1.165) is 34.2 Å². The van der Waals surface area contributed by atoms with Crippen LogP contribution in [0.5, 0.6) is 5.75 Å². The summed E-state index contributed by atoms with van der Waals surface area (Å²) >= 11 is 1.58. The van der Waals surface area contributed by atoms with Crippen LogP contribution in [0.15, 0.2) is 38.9 Å². The zero-order valence-electron chi connectivity index (χ0n) is 14.1. The average molecular weight is 354 g/mol. The van der Waals surface area contributed by atoms with E-state index in [4.69, 9.17) is 9.15 Å². The van der Waals surface area contributed by atoms with Gasteiger partial charge in [0.2, 0.25) is 0 Å². The van der Waals surface area contributed by atoms with Crippen LogP contribution in [0, 0.1) is 6.92 Å². The molecule has 1 aliphatic rings. The molecule has 1 aromatic carbocycles. The number of carbonyl (C=O) groups excluding carboxylic acids is 1. The van der Waals surface area contributed by atoms with Crippen molar-refractivity contribution in [1.82, 2.24) is 0 Å². The summed E-state index contributed by atoms with van der Waals surface area (Å²) in [4.78, 5) is 25.8. The summed E-state index contributed by atoms with van der Waals surface area (Å²) in [6.45, 7) is 3.92. The van der Waals surface area contributed by atoms with E-state index in [1.165, 1.54) is 6.07 Å². The predicted octanol–water partition coefficient (Wildman–Crippen LogP) is 4.82. The van der Waals surface area contributed by atoms with Crippen LogP contribution in [0.1, 0.15) is 52.2 Å². The zero-order valence-corrected chi connectivity index (χ0v) is 14.9. The van der Waals surface area contributed by atoms with Crippen molar-refractivity contribution in [2.45, 2.75) is 39.2 Å². The molecule has 2 aromatic heterocycles. The molecule has 4 nitrogen and oxygen atoms in total. The molecule has 0 N–H and O–H groups in total. The summed E-state index contributed by atoms with van der Waals surface area (Å²) in [6, 6.07) is 7.24. The maximum atomic E-state index is 12.8. The Morgan fingerprint density at radius 1 is 1.28 bits per heavy atom. The van der Waals surface area contributed by atoms with Gasteiger partial charge in [-0.2, -0.15) is 0 Å². The van der Waals surface area contributed by atoms with E-state index in [1.54, 1.807) is 17.4 Å². The van der Waals surface area contributed by atoms with Crippen LogP contribution in [0.3, 0.4) is 0 Å². The van der Waals surface area contributed by atoms with E-state index in [0.29, 0.717) is 23.3 Å². The fraction of sp³-hybridized carbons (Fsp3) is 0.300. The van der Waals surface area contributed by atoms with Gasteiger partial charge >= 0.3 is 5.63 Å². The second-order valence-electron chi connectivity index (χ2n) is 6.36. The van der Waals surface area contributed by atoms with Crippen molar-refractivity contribution in [3.8, 4) is 5.75 Å². The van der Waals surface area contributed by atoms with Gasteiger partial charge in [0.1, 0.15) is 17.4 Å². The minimum atomic E-state index is -0.368. The Hall–Kier alpha value is -2.40. The number of ether oxygens (including phenoxy) is 1. The second kappa shape index (κ2) is 6.15. The van der Waals surface area contributed by atoms with Crippen molar-refractivity contribution in [2.75, 3.05) is 0 Å². The average Bonchev–Trinajstić information content (AvgIpc) is 3.08. The number of ketones is 1. The number of Topliss-reactive ketones (excluding diaryl/α,β-unsaturated/α-hetero) is 1. The molecule has 0 aliphatic carbocycles. The van der Waals surface area contributed by atoms with Gasteiger partial charge in [-0.3, -0.25) is 4.79 Å². The van der Waals surface area contributed by atoms with Crippen LogP contribution in [0.4, 0.5) is 0 Å². The molecule has 1 atom stereocenters. The number of thiophene rings is 1. The molecule has 4 rings (SSSR count). The number of hydrogen-bond donors (Lipinski definition) is 0. The number of hydrogen-bond acceptors (Lipinski definition) is 5. The lowest BCUT2D eigenvalue weighted by atomic mass is 9.92. The molecular weight excluding hydrogens is 336 g/mol. The highest BCUT2D eigenvalue weighted by molar-refractivity contribution is 7.10. The Morgan fingerprint density at radius 2 is 2.12 bits per heavy atom. The third-order valence-electron chi connectivity index (χ3n) is 4.56. The van der Waals surface area contributed by atoms with Crippen LogP contribution < -0.4 is 10.4 Å². The Bertz CT molecular complexity index is 1010. The van der Waals surface area contributed by atoms with Gasteiger partial charge in [-0.05, 0) is 42.0 Å². The first-order valence-electron chi connectivity index (χ1n) is 8.42. The summed E-state index contributed by atoms with van der Waals surface area (Å²) < 4.78 is 11.7. The SMILES string of the molecule is CCCc1cc(=O)oc2cc(C)c3c(c12)OC(c1cccs1)CC3=O. The van der Waals surface area contributed by atoms with Gasteiger partial charge in [-0.15, -0.1) is 11.3 Å². The van der Waals surface area contributed by atoms with Crippen LogP contribution in [-0.2, 0) is 6.42 Å². The first-order chi connectivity index (χ1) is 12.1. The summed E-state index contributed by atoms with van der Waals surface area (Å²) in [5.41, 5.74) is 2.41. The van der Waals surface area contributed by atoms with Gasteiger partial charge in [0.25, 0.3) is 0 Å². The van der Waals surface area contributed by atoms with Crippen molar-refractivity contribution in [2.24, 2.45) is 0 Å². The van der Waals surface area contributed by atoms with Crippen molar-refractivity contribution < 1.29 is 13.9 Å². The number of fused-ring (bicyclic) bond motifs is 3. The zero-order chi connectivity index (χ0) is 17.6. The van der Waals surface area contributed by atoms with Gasteiger partial charge in [0.15, 0.2) is 5.78 Å². The molecule has 128 valence electrons. The van der Waals surface area contributed by atoms with Crippen LogP contribution in [-0.4, -0.2) is 5.78 Å². The molecule has 0 saturated carbocycles. The Labute approximate surface area is 149 Å². The third kappa shape index (κ3) is 2.68. The van der Waals surface area contributed by atoms with Gasteiger partial charge in [0, 0.05) is 10.9 Å². The molecule has 1 unspecified atom stereocenters. The molecule has 0 radical (unpaired) electrons. The predicted molar refractivity (Wildman–Crippen MR) is 97.9 cm³/mol. The van der Waals surface area contributed by atoms with E-state index in [1.807, 2.05) is 24.4 Å². The lowest BCUT2D eigenvalue weighted by molar-refractivity contribution is 0.0856. The fourth-order valence-electron chi connectivity index (χ4n) is 3.51. The number of aryl methyl sites for hydroxylation is 2. The lowest BCUT2D eigenvalue weighted by Gasteiger charge is -2.27. The summed E-state index contributed by atoms with van der Waals surface area (Å²) in [6.07, 6.45) is 1.67. The highest BCUT2D eigenvalue weighted by Crippen LogP contribution is 2.43. The summed E-state index contributed by atoms with van der Waals surface area (Å²) in [5, 5.41) is 2.74. The van der Waals surface area contributed by atoms with Crippen molar-refractivity contribution in [3.63, 3.8) is 0 Å². The largest absolute Gasteiger partial charge is 0.483 e. The summed E-state index contributed by atoms with van der Waals surface area (Å²) in [7, 11) is 0. The fourth-order valence-corrected chi connectivity index (χ4v) is 4.27. The summed E-state index contributed by atoms with van der Waals surface area (Å²) in [5.74, 6) is 0.643. The van der Waals surface area contributed by atoms with Crippen molar-refractivity contribution >= 4 is 28.1 Å². The van der Waals surface area contributed by atoms with E-state index >= 15 is 0 Å². The minimum Gasteiger partial charge on any atom is -0.483 e. The maximum absolute atomic E-state index is 12.8. The minimum absolute atomic E-state index is 0.0766. The normalized spacial score (nSPS) is 16.7. The number of rotatable bonds is 3.